The van der Waals surface area contributed by atoms with E-state index in [-0.39, 0.29) is 0 Å². The van der Waals surface area contributed by atoms with Gasteiger partial charge in [0.2, 0.25) is 0 Å². The third kappa shape index (κ3) is 2.25. The normalized spacial score (nSPS) is 33.2. The summed E-state index contributed by atoms with van der Waals surface area (Å²) in [5.41, 5.74) is -0.724. The first kappa shape index (κ1) is 10.6. The second-order valence-electron chi connectivity index (χ2n) is 3.38. The van der Waals surface area contributed by atoms with Gasteiger partial charge < -0.3 is 5.11 Å². The molecule has 2 atom stereocenters. The molecule has 0 amide bonds. The summed E-state index contributed by atoms with van der Waals surface area (Å²) in [4.78, 5) is 11.1. The first-order valence-electron chi connectivity index (χ1n) is 4.31. The van der Waals surface area contributed by atoms with E-state index in [4.69, 9.17) is 5.11 Å². The van der Waals surface area contributed by atoms with Crippen molar-refractivity contribution in [2.24, 2.45) is 0 Å². The fraction of sp³-hybridized carbons (Fsp3) is 0.667. The number of aliphatic carboxylic acids is 1. The Morgan fingerprint density at radius 2 is 2.62 bits per heavy atom. The Morgan fingerprint density at radius 1 is 1.92 bits per heavy atom. The molecule has 74 valence electrons. The molecule has 0 aromatic carbocycles. The number of carbonyl (C=O) groups is 1. The van der Waals surface area contributed by atoms with Crippen LogP contribution in [0.1, 0.15) is 13.3 Å². The minimum atomic E-state index is -0.744. The number of hydrogen-bond donors (Lipinski definition) is 2. The molecule has 13 heavy (non-hydrogen) atoms. The minimum absolute atomic E-state index is 0.424. The van der Waals surface area contributed by atoms with Gasteiger partial charge in [-0.25, -0.2) is 0 Å². The molecule has 1 aliphatic heterocycles. The van der Waals surface area contributed by atoms with E-state index in [1.54, 1.807) is 17.8 Å². The summed E-state index contributed by atoms with van der Waals surface area (Å²) in [5.74, 6) is -0.0941. The lowest BCUT2D eigenvalue weighted by Crippen LogP contribution is -2.52. The number of thioether (sulfide) groups is 1. The van der Waals surface area contributed by atoms with Gasteiger partial charge >= 0.3 is 5.97 Å². The van der Waals surface area contributed by atoms with E-state index >= 15 is 0 Å². The fourth-order valence-electron chi connectivity index (χ4n) is 1.51. The van der Waals surface area contributed by atoms with E-state index in [0.717, 1.165) is 0 Å². The van der Waals surface area contributed by atoms with E-state index in [1.165, 1.54) is 0 Å². The van der Waals surface area contributed by atoms with Gasteiger partial charge in [0.1, 0.15) is 5.54 Å². The third-order valence-corrected chi connectivity index (χ3v) is 3.64. The highest BCUT2D eigenvalue weighted by Crippen LogP contribution is 2.34. The molecular formula is C9H15NO2S. The van der Waals surface area contributed by atoms with Crippen LogP contribution >= 0.6 is 11.8 Å². The molecular weight excluding hydrogens is 186 g/mol. The van der Waals surface area contributed by atoms with E-state index in [1.807, 2.05) is 0 Å². The highest BCUT2D eigenvalue weighted by molar-refractivity contribution is 8.00. The van der Waals surface area contributed by atoms with Gasteiger partial charge in [0.25, 0.3) is 0 Å². The van der Waals surface area contributed by atoms with Gasteiger partial charge in [-0.05, 0) is 6.42 Å². The van der Waals surface area contributed by atoms with Crippen molar-refractivity contribution in [1.82, 2.24) is 5.32 Å². The van der Waals surface area contributed by atoms with Gasteiger partial charge in [0, 0.05) is 17.5 Å². The van der Waals surface area contributed by atoms with Gasteiger partial charge in [0.15, 0.2) is 0 Å². The second-order valence-corrected chi connectivity index (χ2v) is 4.81. The SMILES string of the molecule is C=CCNC1(C(=O)O)CSC(C)C1. The molecule has 2 N–H and O–H groups in total. The van der Waals surface area contributed by atoms with Crippen molar-refractivity contribution in [3.05, 3.63) is 12.7 Å². The Bertz CT molecular complexity index is 220. The Balaban J connectivity index is 2.65. The van der Waals surface area contributed by atoms with Gasteiger partial charge in [-0.2, -0.15) is 11.8 Å². The van der Waals surface area contributed by atoms with Crippen molar-refractivity contribution < 1.29 is 9.90 Å². The molecule has 0 spiro atoms. The zero-order valence-electron chi connectivity index (χ0n) is 7.75. The van der Waals surface area contributed by atoms with Crippen LogP contribution < -0.4 is 5.32 Å². The molecule has 3 nitrogen and oxygen atoms in total. The summed E-state index contributed by atoms with van der Waals surface area (Å²) >= 11 is 1.71. The van der Waals surface area contributed by atoms with Gasteiger partial charge in [-0.15, -0.1) is 6.58 Å². The van der Waals surface area contributed by atoms with Crippen LogP contribution in [0.4, 0.5) is 0 Å². The molecule has 0 aliphatic carbocycles. The fourth-order valence-corrected chi connectivity index (χ4v) is 2.82. The van der Waals surface area contributed by atoms with Crippen LogP contribution in [0.5, 0.6) is 0 Å². The molecule has 1 heterocycles. The molecule has 0 aromatic heterocycles. The zero-order valence-corrected chi connectivity index (χ0v) is 8.56. The van der Waals surface area contributed by atoms with E-state index < -0.39 is 11.5 Å². The number of carboxylic acid groups (broad SMARTS) is 1. The smallest absolute Gasteiger partial charge is 0.324 e. The predicted octanol–water partition coefficient (Wildman–Crippen LogP) is 1.11. The Labute approximate surface area is 82.6 Å². The molecule has 1 saturated heterocycles. The summed E-state index contributed by atoms with van der Waals surface area (Å²) in [5, 5.41) is 12.6. The zero-order chi connectivity index (χ0) is 9.90. The second kappa shape index (κ2) is 4.15. The summed E-state index contributed by atoms with van der Waals surface area (Å²) in [6.45, 7) is 6.18. The van der Waals surface area contributed by atoms with Crippen LogP contribution in [0.3, 0.4) is 0 Å². The lowest BCUT2D eigenvalue weighted by atomic mass is 9.96. The third-order valence-electron chi connectivity index (χ3n) is 2.24. The van der Waals surface area contributed by atoms with Gasteiger partial charge in [-0.3, -0.25) is 10.1 Å². The maximum absolute atomic E-state index is 11.1. The molecule has 4 heteroatoms. The van der Waals surface area contributed by atoms with Crippen molar-refractivity contribution in [1.29, 1.82) is 0 Å². The average molecular weight is 201 g/mol. The summed E-state index contributed by atoms with van der Waals surface area (Å²) < 4.78 is 0. The van der Waals surface area contributed by atoms with Gasteiger partial charge in [0.05, 0.1) is 0 Å². The lowest BCUT2D eigenvalue weighted by molar-refractivity contribution is -0.143. The minimum Gasteiger partial charge on any atom is -0.480 e. The van der Waals surface area contributed by atoms with Crippen molar-refractivity contribution in [3.8, 4) is 0 Å². The molecule has 1 aliphatic rings. The standard InChI is InChI=1S/C9H15NO2S/c1-3-4-10-9(8(11)12)5-7(2)13-6-9/h3,7,10H,1,4-6H2,2H3,(H,11,12). The lowest BCUT2D eigenvalue weighted by Gasteiger charge is -2.24. The van der Waals surface area contributed by atoms with Crippen molar-refractivity contribution in [2.75, 3.05) is 12.3 Å². The highest BCUT2D eigenvalue weighted by atomic mass is 32.2. The topological polar surface area (TPSA) is 49.3 Å². The van der Waals surface area contributed by atoms with Gasteiger partial charge in [-0.1, -0.05) is 13.0 Å². The first-order valence-corrected chi connectivity index (χ1v) is 5.36. The predicted molar refractivity (Wildman–Crippen MR) is 55.1 cm³/mol. The highest BCUT2D eigenvalue weighted by Gasteiger charge is 2.44. The van der Waals surface area contributed by atoms with Crippen molar-refractivity contribution in [3.63, 3.8) is 0 Å². The van der Waals surface area contributed by atoms with E-state index in [0.29, 0.717) is 24.0 Å². The first-order chi connectivity index (χ1) is 6.10. The average Bonchev–Trinajstić information content (AvgIpc) is 2.45. The van der Waals surface area contributed by atoms with E-state index in [2.05, 4.69) is 18.8 Å². The molecule has 1 rings (SSSR count). The molecule has 1 fully saturated rings. The summed E-state index contributed by atoms with van der Waals surface area (Å²) in [7, 11) is 0. The van der Waals surface area contributed by atoms with E-state index in [9.17, 15) is 4.79 Å². The molecule has 0 saturated carbocycles. The largest absolute Gasteiger partial charge is 0.480 e. The van der Waals surface area contributed by atoms with Crippen LogP contribution in [-0.4, -0.2) is 34.2 Å². The number of hydrogen-bond acceptors (Lipinski definition) is 3. The molecule has 0 bridgehead atoms. The quantitative estimate of drug-likeness (QED) is 0.669. The maximum atomic E-state index is 11.1. The van der Waals surface area contributed by atoms with Crippen molar-refractivity contribution >= 4 is 17.7 Å². The Morgan fingerprint density at radius 3 is 3.00 bits per heavy atom. The Hall–Kier alpha value is -0.480. The van der Waals surface area contributed by atoms with Crippen molar-refractivity contribution in [2.45, 2.75) is 24.1 Å². The maximum Gasteiger partial charge on any atom is 0.324 e. The van der Waals surface area contributed by atoms with Crippen LogP contribution in [0.2, 0.25) is 0 Å². The Kier molecular flexibility index (Phi) is 3.39. The molecule has 2 unspecified atom stereocenters. The molecule has 0 radical (unpaired) electrons. The number of nitrogens with one attached hydrogen (secondary N) is 1. The number of rotatable bonds is 4. The summed E-state index contributed by atoms with van der Waals surface area (Å²) in [6.07, 6.45) is 2.39. The number of carboxylic acids is 1. The van der Waals surface area contributed by atoms with Crippen LogP contribution in [-0.2, 0) is 4.79 Å². The molecule has 0 aromatic rings. The summed E-state index contributed by atoms with van der Waals surface area (Å²) in [6, 6.07) is 0. The monoisotopic (exact) mass is 201 g/mol. The van der Waals surface area contributed by atoms with Crippen LogP contribution in [0, 0.1) is 0 Å². The van der Waals surface area contributed by atoms with Crippen LogP contribution in [0.15, 0.2) is 12.7 Å². The van der Waals surface area contributed by atoms with Crippen LogP contribution in [0.25, 0.3) is 0 Å².